The van der Waals surface area contributed by atoms with Crippen molar-refractivity contribution in [3.05, 3.63) is 33.6 Å². The van der Waals surface area contributed by atoms with E-state index in [1.165, 1.54) is 0 Å². The number of aryl methyl sites for hydroxylation is 2. The van der Waals surface area contributed by atoms with Gasteiger partial charge < -0.3 is 0 Å². The number of nitrogens with zero attached hydrogens (tertiary/aromatic N) is 4. The largest absolute Gasteiger partial charge is 0.196 e. The first-order valence-electron chi connectivity index (χ1n) is 4.74. The fraction of sp³-hybridized carbons (Fsp3) is 0.300. The summed E-state index contributed by atoms with van der Waals surface area (Å²) in [7, 11) is 0. The maximum absolute atomic E-state index is 5.79. The highest BCUT2D eigenvalue weighted by atomic mass is 79.9. The van der Waals surface area contributed by atoms with Gasteiger partial charge in [0.25, 0.3) is 0 Å². The van der Waals surface area contributed by atoms with Gasteiger partial charge in [-0.2, -0.15) is 4.68 Å². The minimum atomic E-state index is 0.294. The van der Waals surface area contributed by atoms with Crippen molar-refractivity contribution >= 4 is 27.5 Å². The van der Waals surface area contributed by atoms with Crippen molar-refractivity contribution < 1.29 is 0 Å². The normalized spacial score (nSPS) is 10.8. The number of benzene rings is 1. The molecule has 1 heterocycles. The second-order valence-electron chi connectivity index (χ2n) is 3.53. The molecular weight excluding hydrogens is 291 g/mol. The summed E-state index contributed by atoms with van der Waals surface area (Å²) in [5.74, 6) is 0.942. The van der Waals surface area contributed by atoms with Crippen molar-refractivity contribution in [2.24, 2.45) is 0 Å². The molecule has 6 heteroatoms. The Hall–Kier alpha value is -0.940. The Morgan fingerprint density at radius 3 is 2.50 bits per heavy atom. The minimum absolute atomic E-state index is 0.294. The van der Waals surface area contributed by atoms with Crippen LogP contribution in [0.2, 0.25) is 0 Å². The minimum Gasteiger partial charge on any atom is -0.196 e. The van der Waals surface area contributed by atoms with Crippen LogP contribution in [0.25, 0.3) is 5.69 Å². The van der Waals surface area contributed by atoms with E-state index in [0.717, 1.165) is 21.3 Å². The lowest BCUT2D eigenvalue weighted by atomic mass is 10.1. The highest BCUT2D eigenvalue weighted by Gasteiger charge is 2.12. The Balaban J connectivity index is 2.64. The summed E-state index contributed by atoms with van der Waals surface area (Å²) in [6.45, 7) is 4.04. The second kappa shape index (κ2) is 4.51. The van der Waals surface area contributed by atoms with Crippen LogP contribution in [0.5, 0.6) is 0 Å². The molecule has 0 aliphatic heterocycles. The Labute approximate surface area is 107 Å². The number of tetrazole rings is 1. The van der Waals surface area contributed by atoms with Gasteiger partial charge in [0.15, 0.2) is 5.82 Å². The summed E-state index contributed by atoms with van der Waals surface area (Å²) in [5.41, 5.74) is 3.19. The third-order valence-corrected chi connectivity index (χ3v) is 3.02. The lowest BCUT2D eigenvalue weighted by Gasteiger charge is -2.10. The van der Waals surface area contributed by atoms with Crippen LogP contribution in [0.3, 0.4) is 0 Å². The van der Waals surface area contributed by atoms with Crippen LogP contribution in [0.1, 0.15) is 17.0 Å². The second-order valence-corrected chi connectivity index (χ2v) is 4.71. The molecule has 0 aliphatic rings. The zero-order valence-corrected chi connectivity index (χ0v) is 11.2. The lowest BCUT2D eigenvalue weighted by molar-refractivity contribution is 0.768. The zero-order chi connectivity index (χ0) is 11.7. The Morgan fingerprint density at radius 2 is 1.94 bits per heavy atom. The fourth-order valence-corrected chi connectivity index (χ4v) is 2.55. The third-order valence-electron chi connectivity index (χ3n) is 2.32. The van der Waals surface area contributed by atoms with Gasteiger partial charge in [0.1, 0.15) is 0 Å². The molecule has 2 rings (SSSR count). The van der Waals surface area contributed by atoms with Crippen LogP contribution < -0.4 is 0 Å². The molecule has 0 amide bonds. The van der Waals surface area contributed by atoms with Gasteiger partial charge >= 0.3 is 0 Å². The first kappa shape index (κ1) is 11.5. The Bertz CT molecular complexity index is 500. The van der Waals surface area contributed by atoms with Crippen molar-refractivity contribution in [1.29, 1.82) is 0 Å². The van der Waals surface area contributed by atoms with E-state index in [4.69, 9.17) is 11.6 Å². The highest BCUT2D eigenvalue weighted by Crippen LogP contribution is 2.24. The molecule has 84 valence electrons. The average Bonchev–Trinajstić information content (AvgIpc) is 2.64. The molecule has 0 saturated heterocycles. The molecule has 0 saturated carbocycles. The van der Waals surface area contributed by atoms with Gasteiger partial charge in [-0.15, -0.1) is 16.7 Å². The summed E-state index contributed by atoms with van der Waals surface area (Å²) in [4.78, 5) is 0. The molecule has 0 aliphatic carbocycles. The summed E-state index contributed by atoms with van der Waals surface area (Å²) in [6.07, 6.45) is 0. The van der Waals surface area contributed by atoms with Crippen molar-refractivity contribution in [2.45, 2.75) is 19.7 Å². The molecule has 16 heavy (non-hydrogen) atoms. The van der Waals surface area contributed by atoms with Gasteiger partial charge in [0, 0.05) is 4.47 Å². The van der Waals surface area contributed by atoms with E-state index in [1.54, 1.807) is 4.68 Å². The average molecular weight is 302 g/mol. The van der Waals surface area contributed by atoms with E-state index in [0.29, 0.717) is 11.7 Å². The van der Waals surface area contributed by atoms with Crippen LogP contribution in [0.4, 0.5) is 0 Å². The quantitative estimate of drug-likeness (QED) is 0.801. The van der Waals surface area contributed by atoms with Gasteiger partial charge in [-0.1, -0.05) is 15.9 Å². The number of alkyl halides is 1. The van der Waals surface area contributed by atoms with Crippen LogP contribution >= 0.6 is 27.5 Å². The number of hydrogen-bond acceptors (Lipinski definition) is 3. The predicted octanol–water partition coefficient (Wildman–Crippen LogP) is 2.78. The van der Waals surface area contributed by atoms with Gasteiger partial charge in [0.05, 0.1) is 11.6 Å². The molecule has 4 nitrogen and oxygen atoms in total. The SMILES string of the molecule is Cc1cc(Br)cc(C)c1-n1nnnc1CCl. The first-order chi connectivity index (χ1) is 7.63. The highest BCUT2D eigenvalue weighted by molar-refractivity contribution is 9.10. The molecule has 0 unspecified atom stereocenters. The fourth-order valence-electron chi connectivity index (χ4n) is 1.70. The molecule has 1 aromatic heterocycles. The van der Waals surface area contributed by atoms with Crippen LogP contribution in [0, 0.1) is 13.8 Å². The van der Waals surface area contributed by atoms with E-state index < -0.39 is 0 Å². The maximum atomic E-state index is 5.79. The van der Waals surface area contributed by atoms with E-state index in [9.17, 15) is 0 Å². The molecule has 1 aromatic carbocycles. The van der Waals surface area contributed by atoms with Crippen molar-refractivity contribution in [3.8, 4) is 5.69 Å². The molecule has 2 aromatic rings. The molecule has 0 fully saturated rings. The Morgan fingerprint density at radius 1 is 1.31 bits per heavy atom. The van der Waals surface area contributed by atoms with Crippen molar-refractivity contribution in [3.63, 3.8) is 0 Å². The molecule has 0 spiro atoms. The Kier molecular flexibility index (Phi) is 3.25. The molecule has 0 N–H and O–H groups in total. The molecule has 0 radical (unpaired) electrons. The number of halogens is 2. The summed E-state index contributed by atoms with van der Waals surface area (Å²) < 4.78 is 2.73. The standard InChI is InChI=1S/C10H10BrClN4/c1-6-3-8(11)4-7(2)10(6)16-9(5-12)13-14-15-16/h3-4H,5H2,1-2H3. The maximum Gasteiger partial charge on any atom is 0.171 e. The molecule has 0 atom stereocenters. The first-order valence-corrected chi connectivity index (χ1v) is 6.06. The zero-order valence-electron chi connectivity index (χ0n) is 8.91. The smallest absolute Gasteiger partial charge is 0.171 e. The summed E-state index contributed by atoms with van der Waals surface area (Å²) >= 11 is 9.25. The van der Waals surface area contributed by atoms with E-state index in [1.807, 2.05) is 26.0 Å². The van der Waals surface area contributed by atoms with E-state index in [2.05, 4.69) is 31.5 Å². The molecule has 0 bridgehead atoms. The van der Waals surface area contributed by atoms with Gasteiger partial charge in [-0.3, -0.25) is 0 Å². The lowest BCUT2D eigenvalue weighted by Crippen LogP contribution is -2.06. The topological polar surface area (TPSA) is 43.6 Å². The number of aromatic nitrogens is 4. The monoisotopic (exact) mass is 300 g/mol. The van der Waals surface area contributed by atoms with Gasteiger partial charge in [-0.25, -0.2) is 0 Å². The van der Waals surface area contributed by atoms with E-state index >= 15 is 0 Å². The third kappa shape index (κ3) is 1.97. The van der Waals surface area contributed by atoms with Gasteiger partial charge in [0.2, 0.25) is 0 Å². The summed E-state index contributed by atoms with van der Waals surface area (Å²) in [5, 5.41) is 11.5. The van der Waals surface area contributed by atoms with Crippen molar-refractivity contribution in [1.82, 2.24) is 20.2 Å². The number of hydrogen-bond donors (Lipinski definition) is 0. The van der Waals surface area contributed by atoms with Crippen LogP contribution in [0.15, 0.2) is 16.6 Å². The molecular formula is C10H10BrClN4. The summed E-state index contributed by atoms with van der Waals surface area (Å²) in [6, 6.07) is 4.06. The number of rotatable bonds is 2. The van der Waals surface area contributed by atoms with Crippen LogP contribution in [-0.4, -0.2) is 20.2 Å². The predicted molar refractivity (Wildman–Crippen MR) is 65.9 cm³/mol. The van der Waals surface area contributed by atoms with E-state index in [-0.39, 0.29) is 0 Å². The van der Waals surface area contributed by atoms with Crippen LogP contribution in [-0.2, 0) is 5.88 Å². The van der Waals surface area contributed by atoms with Crippen molar-refractivity contribution in [2.75, 3.05) is 0 Å². The van der Waals surface area contributed by atoms with Gasteiger partial charge in [-0.05, 0) is 47.5 Å².